The van der Waals surface area contributed by atoms with E-state index >= 15 is 0 Å². The summed E-state index contributed by atoms with van der Waals surface area (Å²) in [6.07, 6.45) is 0. The first kappa shape index (κ1) is 12.3. The van der Waals surface area contributed by atoms with E-state index in [-0.39, 0.29) is 0 Å². The van der Waals surface area contributed by atoms with Gasteiger partial charge >= 0.3 is 5.97 Å². The molecule has 2 N–H and O–H groups in total. The molecule has 0 amide bonds. The smallest absolute Gasteiger partial charge is 0.325 e. The lowest BCUT2D eigenvalue weighted by atomic mass is 10.1. The average molecular weight is 241 g/mol. The van der Waals surface area contributed by atoms with Gasteiger partial charge < -0.3 is 5.11 Å². The van der Waals surface area contributed by atoms with Gasteiger partial charge in [0, 0.05) is 6.54 Å². The molecule has 0 spiro atoms. The van der Waals surface area contributed by atoms with Crippen LogP contribution in [-0.2, 0) is 11.3 Å². The average Bonchev–Trinajstić information content (AvgIpc) is 2.41. The number of nitrogens with one attached hydrogen (secondary N) is 1. The maximum absolute atomic E-state index is 11.3. The number of rotatable bonds is 5. The lowest BCUT2D eigenvalue weighted by Crippen LogP contribution is -2.28. The van der Waals surface area contributed by atoms with Crippen LogP contribution >= 0.6 is 0 Å². The van der Waals surface area contributed by atoms with E-state index in [1.54, 1.807) is 0 Å². The molecule has 0 aromatic heterocycles. The number of carboxylic acids is 1. The fourth-order valence-corrected chi connectivity index (χ4v) is 1.81. The third kappa shape index (κ3) is 3.18. The Kier molecular flexibility index (Phi) is 4.10. The lowest BCUT2D eigenvalue weighted by Gasteiger charge is -2.14. The topological polar surface area (TPSA) is 49.3 Å². The first-order chi connectivity index (χ1) is 8.77. The number of hydrogen-bond donors (Lipinski definition) is 2. The van der Waals surface area contributed by atoms with Gasteiger partial charge in [0.05, 0.1) is 0 Å². The molecular weight excluding hydrogens is 226 g/mol. The highest BCUT2D eigenvalue weighted by atomic mass is 16.4. The van der Waals surface area contributed by atoms with Crippen molar-refractivity contribution < 1.29 is 9.90 Å². The first-order valence-corrected chi connectivity index (χ1v) is 5.82. The Morgan fingerprint density at radius 1 is 1.00 bits per heavy atom. The molecule has 0 saturated heterocycles. The van der Waals surface area contributed by atoms with Crippen molar-refractivity contribution in [1.29, 1.82) is 0 Å². The fraction of sp³-hybridized carbons (Fsp3) is 0.133. The van der Waals surface area contributed by atoms with Crippen LogP contribution in [-0.4, -0.2) is 11.1 Å². The van der Waals surface area contributed by atoms with E-state index in [2.05, 4.69) is 5.32 Å². The molecule has 1 atom stereocenters. The lowest BCUT2D eigenvalue weighted by molar-refractivity contribution is -0.139. The Hall–Kier alpha value is -2.13. The van der Waals surface area contributed by atoms with Crippen molar-refractivity contribution >= 4 is 5.97 Å². The van der Waals surface area contributed by atoms with E-state index in [9.17, 15) is 9.90 Å². The van der Waals surface area contributed by atoms with Crippen molar-refractivity contribution in [2.75, 3.05) is 0 Å². The van der Waals surface area contributed by atoms with E-state index in [4.69, 9.17) is 0 Å². The number of benzene rings is 2. The van der Waals surface area contributed by atoms with Crippen molar-refractivity contribution in [3.05, 3.63) is 71.8 Å². The minimum Gasteiger partial charge on any atom is -0.480 e. The second kappa shape index (κ2) is 5.98. The SMILES string of the molecule is O=C(O)[C@@H](NCc1ccccc1)c1ccccc1. The highest BCUT2D eigenvalue weighted by molar-refractivity contribution is 5.75. The molecular formula is C15H15NO2. The molecule has 92 valence electrons. The molecule has 2 rings (SSSR count). The molecule has 0 unspecified atom stereocenters. The number of carbonyl (C=O) groups is 1. The van der Waals surface area contributed by atoms with Crippen LogP contribution in [0.4, 0.5) is 0 Å². The summed E-state index contributed by atoms with van der Waals surface area (Å²) < 4.78 is 0. The van der Waals surface area contributed by atoms with E-state index in [0.29, 0.717) is 6.54 Å². The van der Waals surface area contributed by atoms with Gasteiger partial charge in [-0.2, -0.15) is 0 Å². The second-order valence-corrected chi connectivity index (χ2v) is 4.05. The summed E-state index contributed by atoms with van der Waals surface area (Å²) in [5, 5.41) is 12.3. The van der Waals surface area contributed by atoms with Gasteiger partial charge in [-0.1, -0.05) is 60.7 Å². The zero-order valence-corrected chi connectivity index (χ0v) is 9.91. The quantitative estimate of drug-likeness (QED) is 0.846. The highest BCUT2D eigenvalue weighted by Crippen LogP contribution is 2.13. The van der Waals surface area contributed by atoms with Crippen LogP contribution in [0.3, 0.4) is 0 Å². The molecule has 3 nitrogen and oxygen atoms in total. The predicted octanol–water partition coefficient (Wildman–Crippen LogP) is 2.60. The molecule has 0 fully saturated rings. The normalized spacial score (nSPS) is 12.0. The molecule has 2 aromatic carbocycles. The van der Waals surface area contributed by atoms with Crippen LogP contribution in [0.5, 0.6) is 0 Å². The fourth-order valence-electron chi connectivity index (χ4n) is 1.81. The summed E-state index contributed by atoms with van der Waals surface area (Å²) in [5.41, 5.74) is 1.83. The minimum atomic E-state index is -0.864. The maximum atomic E-state index is 11.3. The van der Waals surface area contributed by atoms with Gasteiger partial charge in [-0.3, -0.25) is 10.1 Å². The molecule has 3 heteroatoms. The summed E-state index contributed by atoms with van der Waals surface area (Å²) in [5.74, 6) is -0.864. The Bertz CT molecular complexity index is 496. The largest absolute Gasteiger partial charge is 0.480 e. The van der Waals surface area contributed by atoms with Crippen molar-refractivity contribution in [3.8, 4) is 0 Å². The van der Waals surface area contributed by atoms with Crippen LogP contribution in [0.1, 0.15) is 17.2 Å². The third-order valence-electron chi connectivity index (χ3n) is 2.73. The summed E-state index contributed by atoms with van der Waals surface area (Å²) in [7, 11) is 0. The molecule has 0 aliphatic carbocycles. The second-order valence-electron chi connectivity index (χ2n) is 4.05. The predicted molar refractivity (Wildman–Crippen MR) is 70.1 cm³/mol. The van der Waals surface area contributed by atoms with Crippen LogP contribution < -0.4 is 5.32 Å². The maximum Gasteiger partial charge on any atom is 0.325 e. The molecule has 0 aliphatic rings. The van der Waals surface area contributed by atoms with Crippen molar-refractivity contribution in [2.45, 2.75) is 12.6 Å². The van der Waals surface area contributed by atoms with Gasteiger partial charge in [0.15, 0.2) is 0 Å². The van der Waals surface area contributed by atoms with E-state index in [1.165, 1.54) is 0 Å². The Morgan fingerprint density at radius 3 is 2.11 bits per heavy atom. The van der Waals surface area contributed by atoms with Gasteiger partial charge in [0.2, 0.25) is 0 Å². The Morgan fingerprint density at radius 2 is 1.56 bits per heavy atom. The number of aliphatic carboxylic acids is 1. The van der Waals surface area contributed by atoms with Gasteiger partial charge in [-0.25, -0.2) is 0 Å². The van der Waals surface area contributed by atoms with E-state index < -0.39 is 12.0 Å². The third-order valence-corrected chi connectivity index (χ3v) is 2.73. The van der Waals surface area contributed by atoms with Gasteiger partial charge in [-0.05, 0) is 11.1 Å². The van der Waals surface area contributed by atoms with Gasteiger partial charge in [0.25, 0.3) is 0 Å². The van der Waals surface area contributed by atoms with Crippen LogP contribution in [0.2, 0.25) is 0 Å². The molecule has 0 radical (unpaired) electrons. The number of carboxylic acid groups (broad SMARTS) is 1. The van der Waals surface area contributed by atoms with Crippen LogP contribution in [0, 0.1) is 0 Å². The zero-order valence-electron chi connectivity index (χ0n) is 9.91. The van der Waals surface area contributed by atoms with E-state index in [1.807, 2.05) is 60.7 Å². The number of hydrogen-bond acceptors (Lipinski definition) is 2. The van der Waals surface area contributed by atoms with Crippen molar-refractivity contribution in [3.63, 3.8) is 0 Å². The van der Waals surface area contributed by atoms with E-state index in [0.717, 1.165) is 11.1 Å². The summed E-state index contributed by atoms with van der Waals surface area (Å²) in [6, 6.07) is 18.3. The monoisotopic (exact) mass is 241 g/mol. The molecule has 0 saturated carbocycles. The zero-order chi connectivity index (χ0) is 12.8. The summed E-state index contributed by atoms with van der Waals surface area (Å²) >= 11 is 0. The highest BCUT2D eigenvalue weighted by Gasteiger charge is 2.18. The molecule has 2 aromatic rings. The van der Waals surface area contributed by atoms with Crippen LogP contribution in [0.15, 0.2) is 60.7 Å². The van der Waals surface area contributed by atoms with Crippen molar-refractivity contribution in [2.24, 2.45) is 0 Å². The standard InChI is InChI=1S/C15H15NO2/c17-15(18)14(13-9-5-2-6-10-13)16-11-12-7-3-1-4-8-12/h1-10,14,16H,11H2,(H,17,18)/t14-/m0/s1. The molecule has 0 heterocycles. The van der Waals surface area contributed by atoms with Gasteiger partial charge in [0.1, 0.15) is 6.04 Å². The molecule has 0 bridgehead atoms. The van der Waals surface area contributed by atoms with Crippen molar-refractivity contribution in [1.82, 2.24) is 5.32 Å². The Labute approximate surface area is 106 Å². The molecule has 18 heavy (non-hydrogen) atoms. The molecule has 0 aliphatic heterocycles. The van der Waals surface area contributed by atoms with Gasteiger partial charge in [-0.15, -0.1) is 0 Å². The first-order valence-electron chi connectivity index (χ1n) is 5.82. The summed E-state index contributed by atoms with van der Waals surface area (Å²) in [4.78, 5) is 11.3. The van der Waals surface area contributed by atoms with Crippen LogP contribution in [0.25, 0.3) is 0 Å². The Balaban J connectivity index is 2.06. The minimum absolute atomic E-state index is 0.534. The summed E-state index contributed by atoms with van der Waals surface area (Å²) in [6.45, 7) is 0.534.